The fraction of sp³-hybridized carbons (Fsp3) is 0.409. The maximum absolute atomic E-state index is 11.3. The normalized spacial score (nSPS) is 18.1. The lowest BCUT2D eigenvalue weighted by Crippen LogP contribution is -2.39. The van der Waals surface area contributed by atoms with Crippen molar-refractivity contribution >= 4 is 35.3 Å². The molecule has 1 aromatic carbocycles. The number of benzene rings is 1. The number of rotatable bonds is 6. The van der Waals surface area contributed by atoms with E-state index in [9.17, 15) is 9.90 Å². The first-order valence-corrected chi connectivity index (χ1v) is 10.2. The smallest absolute Gasteiger partial charge is 0.307 e. The van der Waals surface area contributed by atoms with Crippen molar-refractivity contribution in [1.29, 1.82) is 0 Å². The van der Waals surface area contributed by atoms with Crippen LogP contribution in [0.25, 0.3) is 5.57 Å². The zero-order valence-electron chi connectivity index (χ0n) is 16.0. The van der Waals surface area contributed by atoms with E-state index < -0.39 is 5.97 Å². The summed E-state index contributed by atoms with van der Waals surface area (Å²) < 4.78 is 0. The molecule has 2 aromatic rings. The molecule has 0 amide bonds. The van der Waals surface area contributed by atoms with Crippen LogP contribution < -0.4 is 0 Å². The van der Waals surface area contributed by atoms with E-state index in [0.29, 0.717) is 6.54 Å². The fourth-order valence-electron chi connectivity index (χ4n) is 3.70. The van der Waals surface area contributed by atoms with Gasteiger partial charge in [-0.05, 0) is 73.4 Å². The Morgan fingerprint density at radius 3 is 2.70 bits per heavy atom. The topological polar surface area (TPSA) is 40.5 Å². The number of halogens is 1. The number of likely N-dealkylation sites (tertiary alicyclic amines) is 1. The summed E-state index contributed by atoms with van der Waals surface area (Å²) in [6.07, 6.45) is 5.07. The summed E-state index contributed by atoms with van der Waals surface area (Å²) in [4.78, 5) is 14.9. The van der Waals surface area contributed by atoms with Gasteiger partial charge in [0.05, 0.1) is 5.92 Å². The van der Waals surface area contributed by atoms with Crippen molar-refractivity contribution in [3.8, 4) is 0 Å². The van der Waals surface area contributed by atoms with Gasteiger partial charge in [0.1, 0.15) is 0 Å². The average molecular weight is 406 g/mol. The molecule has 0 radical (unpaired) electrons. The Kier molecular flexibility index (Phi) is 8.08. The molecule has 5 heteroatoms. The summed E-state index contributed by atoms with van der Waals surface area (Å²) in [5, 5.41) is 11.4. The van der Waals surface area contributed by atoms with Crippen molar-refractivity contribution in [2.75, 3.05) is 19.6 Å². The van der Waals surface area contributed by atoms with Crippen molar-refractivity contribution in [2.45, 2.75) is 33.1 Å². The minimum Gasteiger partial charge on any atom is -0.481 e. The second-order valence-corrected chi connectivity index (χ2v) is 8.05. The van der Waals surface area contributed by atoms with Crippen molar-refractivity contribution in [2.24, 2.45) is 5.92 Å². The van der Waals surface area contributed by atoms with Crippen LogP contribution in [-0.4, -0.2) is 35.6 Å². The van der Waals surface area contributed by atoms with E-state index in [-0.39, 0.29) is 18.3 Å². The first-order valence-electron chi connectivity index (χ1n) is 9.32. The second kappa shape index (κ2) is 10.1. The highest BCUT2D eigenvalue weighted by Crippen LogP contribution is 2.32. The SMILES string of the molecule is Cc1ccccc1/C(=C/CCN1CCC[C@@H](C(=O)O)C1)c1sccc1C.Cl. The van der Waals surface area contributed by atoms with Crippen molar-refractivity contribution < 1.29 is 9.90 Å². The maximum atomic E-state index is 11.3. The predicted octanol–water partition coefficient (Wildman–Crippen LogP) is 5.41. The van der Waals surface area contributed by atoms with Crippen LogP contribution in [0.5, 0.6) is 0 Å². The highest BCUT2D eigenvalue weighted by Gasteiger charge is 2.24. The number of nitrogens with zero attached hydrogens (tertiary/aromatic N) is 1. The lowest BCUT2D eigenvalue weighted by atomic mass is 9.96. The molecule has 2 heterocycles. The van der Waals surface area contributed by atoms with Gasteiger partial charge in [-0.25, -0.2) is 0 Å². The number of thiophene rings is 1. The molecule has 1 aliphatic rings. The summed E-state index contributed by atoms with van der Waals surface area (Å²) in [7, 11) is 0. The summed E-state index contributed by atoms with van der Waals surface area (Å²) >= 11 is 1.79. The van der Waals surface area contributed by atoms with E-state index >= 15 is 0 Å². The highest BCUT2D eigenvalue weighted by atomic mass is 35.5. The lowest BCUT2D eigenvalue weighted by molar-refractivity contribution is -0.143. The Morgan fingerprint density at radius 1 is 1.26 bits per heavy atom. The molecule has 0 aliphatic carbocycles. The number of hydrogen-bond acceptors (Lipinski definition) is 3. The summed E-state index contributed by atoms with van der Waals surface area (Å²) in [5.41, 5.74) is 5.20. The van der Waals surface area contributed by atoms with Gasteiger partial charge in [-0.1, -0.05) is 30.3 Å². The van der Waals surface area contributed by atoms with Crippen LogP contribution in [0.2, 0.25) is 0 Å². The molecule has 146 valence electrons. The second-order valence-electron chi connectivity index (χ2n) is 7.13. The molecule has 27 heavy (non-hydrogen) atoms. The molecule has 1 N–H and O–H groups in total. The van der Waals surface area contributed by atoms with E-state index in [0.717, 1.165) is 32.4 Å². The van der Waals surface area contributed by atoms with Crippen molar-refractivity contribution in [3.63, 3.8) is 0 Å². The van der Waals surface area contributed by atoms with Crippen LogP contribution >= 0.6 is 23.7 Å². The monoisotopic (exact) mass is 405 g/mol. The molecule has 1 aromatic heterocycles. The quantitative estimate of drug-likeness (QED) is 0.698. The van der Waals surface area contributed by atoms with E-state index in [1.165, 1.54) is 27.1 Å². The Balaban J connectivity index is 0.00000261. The Morgan fingerprint density at radius 2 is 2.04 bits per heavy atom. The van der Waals surface area contributed by atoms with Crippen molar-refractivity contribution in [3.05, 3.63) is 63.4 Å². The summed E-state index contributed by atoms with van der Waals surface area (Å²) in [5.74, 6) is -0.858. The highest BCUT2D eigenvalue weighted by molar-refractivity contribution is 7.11. The molecule has 3 nitrogen and oxygen atoms in total. The first-order chi connectivity index (χ1) is 12.6. The third-order valence-electron chi connectivity index (χ3n) is 5.19. The van der Waals surface area contributed by atoms with Gasteiger partial charge in [-0.3, -0.25) is 4.79 Å². The average Bonchev–Trinajstić information content (AvgIpc) is 3.06. The third kappa shape index (κ3) is 5.44. The van der Waals surface area contributed by atoms with Gasteiger partial charge in [0.15, 0.2) is 0 Å². The Labute approximate surface area is 172 Å². The third-order valence-corrected chi connectivity index (χ3v) is 6.24. The summed E-state index contributed by atoms with van der Waals surface area (Å²) in [6, 6.07) is 10.7. The van der Waals surface area contributed by atoms with E-state index in [1.807, 2.05) is 0 Å². The number of carboxylic acid groups (broad SMARTS) is 1. The molecule has 3 rings (SSSR count). The lowest BCUT2D eigenvalue weighted by Gasteiger charge is -2.30. The minimum atomic E-state index is -0.653. The van der Waals surface area contributed by atoms with Crippen LogP contribution in [0.15, 0.2) is 41.8 Å². The molecule has 0 unspecified atom stereocenters. The Bertz CT molecular complexity index is 799. The van der Waals surface area contributed by atoms with E-state index in [1.54, 1.807) is 11.3 Å². The molecule has 0 spiro atoms. The molecule has 1 atom stereocenters. The standard InChI is InChI=1S/C22H27NO2S.ClH/c1-16-7-3-4-9-19(16)20(21-17(2)11-14-26-21)10-6-13-23-12-5-8-18(15-23)22(24)25;/h3-4,7,9-11,14,18H,5-6,8,12-13,15H2,1-2H3,(H,24,25);1H/b20-10-;/t18-;/m1./s1. The van der Waals surface area contributed by atoms with Crippen molar-refractivity contribution in [1.82, 2.24) is 4.90 Å². The molecule has 1 aliphatic heterocycles. The van der Waals surface area contributed by atoms with Gasteiger partial charge in [0.25, 0.3) is 0 Å². The van der Waals surface area contributed by atoms with Gasteiger partial charge in [0.2, 0.25) is 0 Å². The maximum Gasteiger partial charge on any atom is 0.307 e. The molecular formula is C22H28ClNO2S. The van der Waals surface area contributed by atoms with Gasteiger partial charge >= 0.3 is 5.97 Å². The number of aliphatic carboxylic acids is 1. The number of hydrogen-bond donors (Lipinski definition) is 1. The van der Waals surface area contributed by atoms with E-state index in [2.05, 4.69) is 60.5 Å². The number of piperidine rings is 1. The van der Waals surface area contributed by atoms with Gasteiger partial charge in [0, 0.05) is 18.0 Å². The van der Waals surface area contributed by atoms with Gasteiger partial charge in [-0.2, -0.15) is 0 Å². The fourth-order valence-corrected chi connectivity index (χ4v) is 4.68. The molecule has 0 bridgehead atoms. The molecule has 1 saturated heterocycles. The predicted molar refractivity (Wildman–Crippen MR) is 116 cm³/mol. The minimum absolute atomic E-state index is 0. The number of aryl methyl sites for hydroxylation is 2. The number of carbonyl (C=O) groups is 1. The molecular weight excluding hydrogens is 378 g/mol. The van der Waals surface area contributed by atoms with Crippen LogP contribution in [0, 0.1) is 19.8 Å². The zero-order chi connectivity index (χ0) is 18.5. The van der Waals surface area contributed by atoms with Crippen LogP contribution in [0.1, 0.15) is 40.8 Å². The Hall–Kier alpha value is -1.62. The van der Waals surface area contributed by atoms with Gasteiger partial charge < -0.3 is 10.0 Å². The zero-order valence-corrected chi connectivity index (χ0v) is 17.6. The van der Waals surface area contributed by atoms with E-state index in [4.69, 9.17) is 0 Å². The number of carboxylic acids is 1. The largest absolute Gasteiger partial charge is 0.481 e. The summed E-state index contributed by atoms with van der Waals surface area (Å²) in [6.45, 7) is 6.94. The first kappa shape index (κ1) is 21.7. The van der Waals surface area contributed by atoms with Crippen LogP contribution in [0.3, 0.4) is 0 Å². The molecule has 1 fully saturated rings. The molecule has 0 saturated carbocycles. The van der Waals surface area contributed by atoms with Crippen LogP contribution in [-0.2, 0) is 4.79 Å². The van der Waals surface area contributed by atoms with Gasteiger partial charge in [-0.15, -0.1) is 23.7 Å². The van der Waals surface area contributed by atoms with Crippen LogP contribution in [0.4, 0.5) is 0 Å².